The smallest absolute Gasteiger partial charge is 0.128 e. The highest BCUT2D eigenvalue weighted by atomic mass is 16.5. The number of hydrogen-bond acceptors (Lipinski definition) is 3. The van der Waals surface area contributed by atoms with Crippen LogP contribution in [0, 0.1) is 5.92 Å². The van der Waals surface area contributed by atoms with Crippen molar-refractivity contribution in [3.63, 3.8) is 0 Å². The van der Waals surface area contributed by atoms with Gasteiger partial charge < -0.3 is 15.2 Å². The van der Waals surface area contributed by atoms with Gasteiger partial charge in [-0.2, -0.15) is 0 Å². The van der Waals surface area contributed by atoms with Gasteiger partial charge in [0, 0.05) is 24.1 Å². The molecule has 1 aromatic rings. The fourth-order valence-electron chi connectivity index (χ4n) is 2.85. The summed E-state index contributed by atoms with van der Waals surface area (Å²) in [6, 6.07) is 6.11. The van der Waals surface area contributed by atoms with E-state index in [0.717, 1.165) is 36.0 Å². The van der Waals surface area contributed by atoms with Gasteiger partial charge in [0.15, 0.2) is 0 Å². The second-order valence-electron chi connectivity index (χ2n) is 6.48. The van der Waals surface area contributed by atoms with Gasteiger partial charge in [-0.3, -0.25) is 0 Å². The van der Waals surface area contributed by atoms with E-state index in [1.54, 1.807) is 0 Å². The van der Waals surface area contributed by atoms with Crippen molar-refractivity contribution in [3.05, 3.63) is 23.8 Å². The Morgan fingerprint density at radius 2 is 2.16 bits per heavy atom. The molecule has 3 heteroatoms. The van der Waals surface area contributed by atoms with Crippen LogP contribution in [0.2, 0.25) is 0 Å². The van der Waals surface area contributed by atoms with Gasteiger partial charge in [0.05, 0.1) is 6.61 Å². The normalized spacial score (nSPS) is 25.1. The van der Waals surface area contributed by atoms with E-state index in [2.05, 4.69) is 13.8 Å². The van der Waals surface area contributed by atoms with Crippen molar-refractivity contribution in [2.24, 2.45) is 11.7 Å². The molecule has 1 aliphatic carbocycles. The van der Waals surface area contributed by atoms with E-state index >= 15 is 0 Å². The standard InChI is InChI=1S/C16H23NO2/c1-16(2)9-14(17)13-7-6-12(8-15(13)19-16)18-10-11-4-3-5-11/h6-8,11,14H,3-5,9-10,17H2,1-2H3. The zero-order chi connectivity index (χ0) is 13.5. The highest BCUT2D eigenvalue weighted by Crippen LogP contribution is 2.40. The minimum absolute atomic E-state index is 0.0550. The summed E-state index contributed by atoms with van der Waals surface area (Å²) in [5.41, 5.74) is 7.10. The fourth-order valence-corrected chi connectivity index (χ4v) is 2.85. The summed E-state index contributed by atoms with van der Waals surface area (Å²) in [7, 11) is 0. The summed E-state index contributed by atoms with van der Waals surface area (Å²) in [6.45, 7) is 4.99. The van der Waals surface area contributed by atoms with Gasteiger partial charge in [0.2, 0.25) is 0 Å². The fraction of sp³-hybridized carbons (Fsp3) is 0.625. The van der Waals surface area contributed by atoms with Gasteiger partial charge in [-0.25, -0.2) is 0 Å². The van der Waals surface area contributed by atoms with Gasteiger partial charge >= 0.3 is 0 Å². The van der Waals surface area contributed by atoms with Crippen molar-refractivity contribution >= 4 is 0 Å². The van der Waals surface area contributed by atoms with Gasteiger partial charge in [-0.05, 0) is 38.7 Å². The van der Waals surface area contributed by atoms with Crippen LogP contribution >= 0.6 is 0 Å². The number of ether oxygens (including phenoxy) is 2. The molecule has 3 rings (SSSR count). The van der Waals surface area contributed by atoms with Gasteiger partial charge in [-0.1, -0.05) is 12.5 Å². The maximum absolute atomic E-state index is 6.20. The lowest BCUT2D eigenvalue weighted by Crippen LogP contribution is -2.37. The summed E-state index contributed by atoms with van der Waals surface area (Å²) in [6.07, 6.45) is 4.81. The van der Waals surface area contributed by atoms with E-state index in [-0.39, 0.29) is 11.6 Å². The highest BCUT2D eigenvalue weighted by Gasteiger charge is 2.32. The Morgan fingerprint density at radius 1 is 1.37 bits per heavy atom. The summed E-state index contributed by atoms with van der Waals surface area (Å²) in [5.74, 6) is 2.53. The Bertz CT molecular complexity index is 466. The van der Waals surface area contributed by atoms with Crippen LogP contribution in [0.15, 0.2) is 18.2 Å². The van der Waals surface area contributed by atoms with Crippen molar-refractivity contribution in [2.45, 2.75) is 51.2 Å². The molecule has 19 heavy (non-hydrogen) atoms. The molecule has 104 valence electrons. The van der Waals surface area contributed by atoms with Crippen molar-refractivity contribution < 1.29 is 9.47 Å². The Labute approximate surface area is 115 Å². The molecule has 2 N–H and O–H groups in total. The van der Waals surface area contributed by atoms with E-state index in [9.17, 15) is 0 Å². The van der Waals surface area contributed by atoms with Crippen molar-refractivity contribution in [1.29, 1.82) is 0 Å². The third-order valence-electron chi connectivity index (χ3n) is 4.19. The van der Waals surface area contributed by atoms with E-state index in [4.69, 9.17) is 15.2 Å². The minimum Gasteiger partial charge on any atom is -0.493 e. The highest BCUT2D eigenvalue weighted by molar-refractivity contribution is 5.44. The second-order valence-corrected chi connectivity index (χ2v) is 6.48. The first-order chi connectivity index (χ1) is 9.03. The Kier molecular flexibility index (Phi) is 3.17. The molecule has 0 spiro atoms. The van der Waals surface area contributed by atoms with Crippen LogP contribution in [0.25, 0.3) is 0 Å². The molecular formula is C16H23NO2. The van der Waals surface area contributed by atoms with Crippen LogP contribution in [-0.4, -0.2) is 12.2 Å². The molecule has 0 radical (unpaired) electrons. The number of fused-ring (bicyclic) bond motifs is 1. The Hall–Kier alpha value is -1.22. The van der Waals surface area contributed by atoms with Crippen molar-refractivity contribution in [1.82, 2.24) is 0 Å². The van der Waals surface area contributed by atoms with Gasteiger partial charge in [-0.15, -0.1) is 0 Å². The predicted octanol–water partition coefficient (Wildman–Crippen LogP) is 3.43. The number of nitrogens with two attached hydrogens (primary N) is 1. The Morgan fingerprint density at radius 3 is 2.84 bits per heavy atom. The molecule has 3 nitrogen and oxygen atoms in total. The summed E-state index contributed by atoms with van der Waals surface area (Å²) < 4.78 is 11.9. The molecule has 1 saturated carbocycles. The molecule has 1 fully saturated rings. The van der Waals surface area contributed by atoms with Crippen LogP contribution < -0.4 is 15.2 Å². The average molecular weight is 261 g/mol. The lowest BCUT2D eigenvalue weighted by molar-refractivity contribution is 0.0722. The zero-order valence-electron chi connectivity index (χ0n) is 11.8. The molecule has 1 unspecified atom stereocenters. The molecule has 0 aromatic heterocycles. The predicted molar refractivity (Wildman–Crippen MR) is 75.5 cm³/mol. The average Bonchev–Trinajstić information content (AvgIpc) is 2.24. The quantitative estimate of drug-likeness (QED) is 0.906. The molecular weight excluding hydrogens is 238 g/mol. The SMILES string of the molecule is CC1(C)CC(N)c2ccc(OCC3CCC3)cc2O1. The molecule has 2 aliphatic rings. The molecule has 0 saturated heterocycles. The van der Waals surface area contributed by atoms with Gasteiger partial charge in [0.1, 0.15) is 17.1 Å². The van der Waals surface area contributed by atoms with Crippen molar-refractivity contribution in [2.75, 3.05) is 6.61 Å². The van der Waals surface area contributed by atoms with Crippen molar-refractivity contribution in [3.8, 4) is 11.5 Å². The Balaban J connectivity index is 1.74. The number of benzene rings is 1. The van der Waals surface area contributed by atoms with E-state index < -0.39 is 0 Å². The molecule has 1 heterocycles. The van der Waals surface area contributed by atoms with Gasteiger partial charge in [0.25, 0.3) is 0 Å². The number of hydrogen-bond donors (Lipinski definition) is 1. The lowest BCUT2D eigenvalue weighted by Gasteiger charge is -2.36. The first-order valence-corrected chi connectivity index (χ1v) is 7.25. The second kappa shape index (κ2) is 4.71. The minimum atomic E-state index is -0.195. The molecule has 1 atom stereocenters. The van der Waals surface area contributed by atoms with Crippen LogP contribution in [0.1, 0.15) is 51.1 Å². The largest absolute Gasteiger partial charge is 0.493 e. The monoisotopic (exact) mass is 261 g/mol. The van der Waals surface area contributed by atoms with Crippen LogP contribution in [0.5, 0.6) is 11.5 Å². The topological polar surface area (TPSA) is 44.5 Å². The lowest BCUT2D eigenvalue weighted by atomic mass is 9.86. The number of rotatable bonds is 3. The van der Waals surface area contributed by atoms with Crippen LogP contribution in [0.3, 0.4) is 0 Å². The van der Waals surface area contributed by atoms with E-state index in [1.165, 1.54) is 19.3 Å². The molecule has 0 amide bonds. The summed E-state index contributed by atoms with van der Waals surface area (Å²) in [4.78, 5) is 0. The van der Waals surface area contributed by atoms with Crippen LogP contribution in [0.4, 0.5) is 0 Å². The molecule has 1 aliphatic heterocycles. The first-order valence-electron chi connectivity index (χ1n) is 7.25. The first kappa shape index (κ1) is 12.8. The van der Waals surface area contributed by atoms with E-state index in [0.29, 0.717) is 0 Å². The third kappa shape index (κ3) is 2.71. The summed E-state index contributed by atoms with van der Waals surface area (Å²) >= 11 is 0. The van der Waals surface area contributed by atoms with E-state index in [1.807, 2.05) is 18.2 Å². The summed E-state index contributed by atoms with van der Waals surface area (Å²) in [5, 5.41) is 0. The van der Waals surface area contributed by atoms with Crippen LogP contribution in [-0.2, 0) is 0 Å². The zero-order valence-corrected chi connectivity index (χ0v) is 11.8. The maximum atomic E-state index is 6.20. The molecule has 0 bridgehead atoms. The maximum Gasteiger partial charge on any atom is 0.128 e. The molecule has 1 aromatic carbocycles. The third-order valence-corrected chi connectivity index (χ3v) is 4.19.